The highest BCUT2D eigenvalue weighted by Crippen LogP contribution is 2.56. The molecule has 3 heterocycles. The van der Waals surface area contributed by atoms with Gasteiger partial charge in [0.2, 0.25) is 0 Å². The summed E-state index contributed by atoms with van der Waals surface area (Å²) >= 11 is 0. The van der Waals surface area contributed by atoms with Gasteiger partial charge in [-0.2, -0.15) is 0 Å². The fourth-order valence-electron chi connectivity index (χ4n) is 4.41. The third kappa shape index (κ3) is 3.16. The average Bonchev–Trinajstić information content (AvgIpc) is 3.15. The topological polar surface area (TPSA) is 84.2 Å². The number of pyridine rings is 1. The van der Waals surface area contributed by atoms with Gasteiger partial charge >= 0.3 is 0 Å². The molecule has 0 radical (unpaired) electrons. The third-order valence-corrected chi connectivity index (χ3v) is 6.23. The molecule has 1 spiro atoms. The molecule has 1 saturated heterocycles. The number of aryl methyl sites for hydroxylation is 1. The van der Waals surface area contributed by atoms with Gasteiger partial charge in [0.25, 0.3) is 11.8 Å². The number of rotatable bonds is 3. The van der Waals surface area contributed by atoms with Crippen LogP contribution in [0.1, 0.15) is 58.4 Å². The van der Waals surface area contributed by atoms with Gasteiger partial charge in [-0.05, 0) is 50.2 Å². The average molecular weight is 382 g/mol. The maximum absolute atomic E-state index is 12.8. The van der Waals surface area contributed by atoms with Crippen molar-refractivity contribution in [1.29, 1.82) is 0 Å². The Kier molecular flexibility index (Phi) is 4.64. The molecular weight excluding hydrogens is 356 g/mol. The monoisotopic (exact) mass is 382 g/mol. The summed E-state index contributed by atoms with van der Waals surface area (Å²) in [4.78, 5) is 32.6. The number of aromatic nitrogens is 4. The summed E-state index contributed by atoms with van der Waals surface area (Å²) < 4.78 is 1.86. The van der Waals surface area contributed by atoms with Gasteiger partial charge in [-0.3, -0.25) is 9.59 Å². The molecule has 148 valence electrons. The van der Waals surface area contributed by atoms with Crippen molar-refractivity contribution in [3.63, 3.8) is 0 Å². The Bertz CT molecular complexity index is 898. The number of carbonyl (C=O) groups excluding carboxylic acids is 2. The van der Waals surface area contributed by atoms with Crippen LogP contribution in [0.3, 0.4) is 0 Å². The molecule has 2 aromatic heterocycles. The number of amides is 2. The first-order valence-electron chi connectivity index (χ1n) is 9.76. The number of hydrogen-bond donors (Lipinski definition) is 0. The summed E-state index contributed by atoms with van der Waals surface area (Å²) in [5, 5.41) is 8.29. The van der Waals surface area contributed by atoms with E-state index in [0.29, 0.717) is 11.4 Å². The van der Waals surface area contributed by atoms with E-state index in [0.717, 1.165) is 44.5 Å². The molecule has 1 aliphatic heterocycles. The van der Waals surface area contributed by atoms with Crippen molar-refractivity contribution in [3.05, 3.63) is 41.5 Å². The molecule has 4 rings (SSSR count). The van der Waals surface area contributed by atoms with E-state index in [1.807, 2.05) is 28.6 Å². The lowest BCUT2D eigenvalue weighted by Crippen LogP contribution is -2.51. The van der Waals surface area contributed by atoms with Crippen molar-refractivity contribution >= 4 is 11.8 Å². The minimum absolute atomic E-state index is 0.00838. The molecule has 8 nitrogen and oxygen atoms in total. The second-order valence-corrected chi connectivity index (χ2v) is 8.16. The molecule has 28 heavy (non-hydrogen) atoms. The fraction of sp³-hybridized carbons (Fsp3) is 0.550. The molecule has 0 N–H and O–H groups in total. The maximum atomic E-state index is 12.8. The number of nitrogens with zero attached hydrogens (tertiary/aromatic N) is 6. The summed E-state index contributed by atoms with van der Waals surface area (Å²) in [6, 6.07) is 5.80. The molecule has 2 aliphatic rings. The van der Waals surface area contributed by atoms with E-state index in [9.17, 15) is 9.59 Å². The molecule has 1 atom stereocenters. The van der Waals surface area contributed by atoms with Crippen molar-refractivity contribution in [2.75, 3.05) is 27.2 Å². The van der Waals surface area contributed by atoms with E-state index in [-0.39, 0.29) is 23.3 Å². The van der Waals surface area contributed by atoms with E-state index in [1.165, 1.54) is 4.90 Å². The standard InChI is InChI=1S/C20H26N6O2/c1-14-5-4-6-15(21-14)19(28)25-11-9-20(10-12-25)8-7-17(20)26-13-16(22-23-26)18(27)24(2)3/h4-6,13,17H,7-12H2,1-3H3. The number of carbonyl (C=O) groups is 2. The molecule has 2 aromatic rings. The Morgan fingerprint density at radius 1 is 1.14 bits per heavy atom. The predicted octanol–water partition coefficient (Wildman–Crippen LogP) is 1.94. The van der Waals surface area contributed by atoms with Gasteiger partial charge in [-0.15, -0.1) is 5.10 Å². The molecule has 8 heteroatoms. The largest absolute Gasteiger partial charge is 0.343 e. The van der Waals surface area contributed by atoms with Crippen LogP contribution in [0.5, 0.6) is 0 Å². The summed E-state index contributed by atoms with van der Waals surface area (Å²) in [6.45, 7) is 3.35. The highest BCUT2D eigenvalue weighted by Gasteiger charge is 2.50. The summed E-state index contributed by atoms with van der Waals surface area (Å²) in [5.41, 5.74) is 1.89. The summed E-state index contributed by atoms with van der Waals surface area (Å²) in [5.74, 6) is -0.125. The molecule has 1 saturated carbocycles. The van der Waals surface area contributed by atoms with Gasteiger partial charge in [-0.1, -0.05) is 11.3 Å². The zero-order valence-electron chi connectivity index (χ0n) is 16.6. The fourth-order valence-corrected chi connectivity index (χ4v) is 4.41. The van der Waals surface area contributed by atoms with Crippen molar-refractivity contribution in [1.82, 2.24) is 29.8 Å². The lowest BCUT2D eigenvalue weighted by atomic mass is 9.59. The predicted molar refractivity (Wildman–Crippen MR) is 103 cm³/mol. The van der Waals surface area contributed by atoms with E-state index >= 15 is 0 Å². The van der Waals surface area contributed by atoms with Crippen molar-refractivity contribution in [2.24, 2.45) is 5.41 Å². The molecule has 0 aromatic carbocycles. The minimum Gasteiger partial charge on any atom is -0.343 e. The number of piperidine rings is 1. The molecular formula is C20H26N6O2. The first-order valence-corrected chi connectivity index (χ1v) is 9.76. The van der Waals surface area contributed by atoms with Crippen LogP contribution in [0.15, 0.2) is 24.4 Å². The normalized spacial score (nSPS) is 20.7. The second-order valence-electron chi connectivity index (χ2n) is 8.16. The summed E-state index contributed by atoms with van der Waals surface area (Å²) in [7, 11) is 3.42. The van der Waals surface area contributed by atoms with Crippen LogP contribution in [0.25, 0.3) is 0 Å². The maximum Gasteiger partial charge on any atom is 0.275 e. The molecule has 0 bridgehead atoms. The van der Waals surface area contributed by atoms with E-state index in [2.05, 4.69) is 15.3 Å². The summed E-state index contributed by atoms with van der Waals surface area (Å²) in [6.07, 6.45) is 5.80. The van der Waals surface area contributed by atoms with Crippen LogP contribution in [-0.2, 0) is 0 Å². The van der Waals surface area contributed by atoms with Crippen molar-refractivity contribution in [2.45, 2.75) is 38.6 Å². The van der Waals surface area contributed by atoms with Crippen LogP contribution in [0, 0.1) is 12.3 Å². The molecule has 2 fully saturated rings. The van der Waals surface area contributed by atoms with Crippen LogP contribution in [0.2, 0.25) is 0 Å². The van der Waals surface area contributed by atoms with Gasteiger partial charge in [0.15, 0.2) is 5.69 Å². The Morgan fingerprint density at radius 3 is 2.50 bits per heavy atom. The number of hydrogen-bond acceptors (Lipinski definition) is 5. The van der Waals surface area contributed by atoms with Gasteiger partial charge in [0.05, 0.1) is 12.2 Å². The molecule has 2 amide bonds. The van der Waals surface area contributed by atoms with Crippen molar-refractivity contribution in [3.8, 4) is 0 Å². The van der Waals surface area contributed by atoms with Gasteiger partial charge < -0.3 is 9.80 Å². The SMILES string of the molecule is Cc1cccc(C(=O)N2CCC3(CCC3n3cc(C(=O)N(C)C)nn3)CC2)n1. The van der Waals surface area contributed by atoms with Gasteiger partial charge in [0.1, 0.15) is 5.69 Å². The highest BCUT2D eigenvalue weighted by atomic mass is 16.2. The smallest absolute Gasteiger partial charge is 0.275 e. The number of likely N-dealkylation sites (tertiary alicyclic amines) is 1. The second kappa shape index (κ2) is 7.00. The highest BCUT2D eigenvalue weighted by molar-refractivity contribution is 5.92. The van der Waals surface area contributed by atoms with Crippen LogP contribution < -0.4 is 0 Å². The van der Waals surface area contributed by atoms with E-state index in [1.54, 1.807) is 26.4 Å². The molecule has 1 unspecified atom stereocenters. The van der Waals surface area contributed by atoms with Gasteiger partial charge in [-0.25, -0.2) is 9.67 Å². The van der Waals surface area contributed by atoms with Crippen molar-refractivity contribution < 1.29 is 9.59 Å². The molecule has 1 aliphatic carbocycles. The third-order valence-electron chi connectivity index (χ3n) is 6.23. The Morgan fingerprint density at radius 2 is 1.89 bits per heavy atom. The Labute approximate surface area is 164 Å². The van der Waals surface area contributed by atoms with Gasteiger partial charge in [0, 0.05) is 32.9 Å². The van der Waals surface area contributed by atoms with Crippen LogP contribution in [0.4, 0.5) is 0 Å². The quantitative estimate of drug-likeness (QED) is 0.810. The zero-order chi connectivity index (χ0) is 19.9. The lowest BCUT2D eigenvalue weighted by molar-refractivity contribution is -0.0269. The lowest BCUT2D eigenvalue weighted by Gasteiger charge is -2.53. The zero-order valence-corrected chi connectivity index (χ0v) is 16.6. The first kappa shape index (κ1) is 18.6. The van der Waals surface area contributed by atoms with Crippen LogP contribution >= 0.6 is 0 Å². The van der Waals surface area contributed by atoms with E-state index < -0.39 is 0 Å². The Hall–Kier alpha value is -2.77. The Balaban J connectivity index is 1.43. The minimum atomic E-state index is -0.134. The first-order chi connectivity index (χ1) is 13.4. The van der Waals surface area contributed by atoms with Crippen LogP contribution in [-0.4, -0.2) is 68.8 Å². The van der Waals surface area contributed by atoms with E-state index in [4.69, 9.17) is 0 Å².